The van der Waals surface area contributed by atoms with Gasteiger partial charge in [0, 0.05) is 42.5 Å². The fourth-order valence-corrected chi connectivity index (χ4v) is 4.01. The topological polar surface area (TPSA) is 94.1 Å². The lowest BCUT2D eigenvalue weighted by Crippen LogP contribution is -2.40. The Morgan fingerprint density at radius 3 is 2.93 bits per heavy atom. The Morgan fingerprint density at radius 1 is 1.29 bits per heavy atom. The molecule has 1 aliphatic heterocycles. The number of rotatable bonds is 4. The fraction of sp³-hybridized carbons (Fsp3) is 0.333. The number of carbonyl (C=O) groups is 2. The summed E-state index contributed by atoms with van der Waals surface area (Å²) < 4.78 is 1.78. The number of hydrogen-bond acceptors (Lipinski definition) is 4. The van der Waals surface area contributed by atoms with E-state index in [4.69, 9.17) is 5.73 Å². The minimum atomic E-state index is -0.401. The van der Waals surface area contributed by atoms with Crippen molar-refractivity contribution in [3.63, 3.8) is 0 Å². The van der Waals surface area contributed by atoms with Crippen molar-refractivity contribution < 1.29 is 9.59 Å². The molecule has 0 saturated carbocycles. The monoisotopic (exact) mass is 377 g/mol. The third-order valence-corrected chi connectivity index (χ3v) is 5.22. The van der Waals surface area contributed by atoms with E-state index in [1.807, 2.05) is 42.2 Å². The van der Waals surface area contributed by atoms with Gasteiger partial charge in [0.15, 0.2) is 0 Å². The standard InChI is InChI=1S/C21H23N5O2/c1-14-11-17(16-6-2-3-7-18(16)24-14)21(28)26-9-4-5-15(12-26)20-23-8-10-25(20)13-19(22)27/h2-3,6-8,10-11,15H,4-5,9,12-13H2,1H3,(H2,22,27)/t15-/m1/s1. The zero-order valence-electron chi connectivity index (χ0n) is 15.8. The molecular formula is C21H23N5O2. The molecule has 144 valence electrons. The third-order valence-electron chi connectivity index (χ3n) is 5.22. The number of aryl methyl sites for hydroxylation is 1. The van der Waals surface area contributed by atoms with E-state index in [9.17, 15) is 9.59 Å². The molecule has 1 aromatic carbocycles. The Labute approximate surface area is 163 Å². The van der Waals surface area contributed by atoms with Gasteiger partial charge < -0.3 is 15.2 Å². The van der Waals surface area contributed by atoms with Crippen LogP contribution >= 0.6 is 0 Å². The Kier molecular flexibility index (Phi) is 4.81. The van der Waals surface area contributed by atoms with E-state index >= 15 is 0 Å². The predicted octanol–water partition coefficient (Wildman–Crippen LogP) is 2.24. The number of imidazole rings is 1. The van der Waals surface area contributed by atoms with Crippen LogP contribution in [0.2, 0.25) is 0 Å². The van der Waals surface area contributed by atoms with Crippen molar-refractivity contribution in [2.75, 3.05) is 13.1 Å². The number of pyridine rings is 1. The molecule has 1 atom stereocenters. The minimum Gasteiger partial charge on any atom is -0.368 e. The van der Waals surface area contributed by atoms with Crippen LogP contribution in [0.4, 0.5) is 0 Å². The number of carbonyl (C=O) groups excluding carboxylic acids is 2. The maximum absolute atomic E-state index is 13.3. The van der Waals surface area contributed by atoms with Gasteiger partial charge in [-0.25, -0.2) is 4.98 Å². The van der Waals surface area contributed by atoms with Gasteiger partial charge >= 0.3 is 0 Å². The molecule has 2 amide bonds. The normalized spacial score (nSPS) is 17.0. The van der Waals surface area contributed by atoms with Gasteiger partial charge in [0.2, 0.25) is 5.91 Å². The van der Waals surface area contributed by atoms with Gasteiger partial charge in [0.25, 0.3) is 5.91 Å². The van der Waals surface area contributed by atoms with Gasteiger partial charge in [-0.2, -0.15) is 0 Å². The number of aromatic nitrogens is 3. The molecule has 0 unspecified atom stereocenters. The van der Waals surface area contributed by atoms with Crippen LogP contribution in [-0.2, 0) is 11.3 Å². The molecule has 1 aliphatic rings. The van der Waals surface area contributed by atoms with E-state index in [1.54, 1.807) is 17.0 Å². The number of hydrogen-bond donors (Lipinski definition) is 1. The summed E-state index contributed by atoms with van der Waals surface area (Å²) in [5, 5.41) is 0.871. The summed E-state index contributed by atoms with van der Waals surface area (Å²) in [5.41, 5.74) is 7.68. The van der Waals surface area contributed by atoms with Gasteiger partial charge in [-0.05, 0) is 31.9 Å². The van der Waals surface area contributed by atoms with Gasteiger partial charge in [-0.3, -0.25) is 14.6 Å². The first-order chi connectivity index (χ1) is 13.5. The summed E-state index contributed by atoms with van der Waals surface area (Å²) in [5.74, 6) is 0.509. The molecule has 7 nitrogen and oxygen atoms in total. The van der Waals surface area contributed by atoms with E-state index in [-0.39, 0.29) is 18.4 Å². The van der Waals surface area contributed by atoms with Crippen molar-refractivity contribution in [2.45, 2.75) is 32.2 Å². The van der Waals surface area contributed by atoms with E-state index in [2.05, 4.69) is 9.97 Å². The number of amides is 2. The Hall–Kier alpha value is -3.22. The van der Waals surface area contributed by atoms with Crippen LogP contribution in [0.15, 0.2) is 42.7 Å². The number of likely N-dealkylation sites (tertiary alicyclic amines) is 1. The second-order valence-electron chi connectivity index (χ2n) is 7.30. The lowest BCUT2D eigenvalue weighted by Gasteiger charge is -2.33. The number of para-hydroxylation sites is 1. The second kappa shape index (κ2) is 7.42. The molecule has 3 aromatic rings. The van der Waals surface area contributed by atoms with Gasteiger partial charge in [-0.1, -0.05) is 18.2 Å². The molecule has 3 heterocycles. The fourth-order valence-electron chi connectivity index (χ4n) is 4.01. The van der Waals surface area contributed by atoms with Crippen LogP contribution in [0.25, 0.3) is 10.9 Å². The number of nitrogens with zero attached hydrogens (tertiary/aromatic N) is 4. The lowest BCUT2D eigenvalue weighted by atomic mass is 9.96. The summed E-state index contributed by atoms with van der Waals surface area (Å²) in [6, 6.07) is 9.59. The van der Waals surface area contributed by atoms with Crippen molar-refractivity contribution in [3.8, 4) is 0 Å². The maximum atomic E-state index is 13.3. The minimum absolute atomic E-state index is 0.0133. The molecule has 1 saturated heterocycles. The maximum Gasteiger partial charge on any atom is 0.254 e. The first-order valence-corrected chi connectivity index (χ1v) is 9.48. The highest BCUT2D eigenvalue weighted by Crippen LogP contribution is 2.28. The Bertz CT molecular complexity index is 1040. The van der Waals surface area contributed by atoms with Crippen molar-refractivity contribution in [3.05, 3.63) is 59.8 Å². The average molecular weight is 377 g/mol. The third kappa shape index (κ3) is 3.47. The van der Waals surface area contributed by atoms with E-state index in [1.165, 1.54) is 0 Å². The molecule has 4 rings (SSSR count). The van der Waals surface area contributed by atoms with E-state index in [0.29, 0.717) is 18.7 Å². The summed E-state index contributed by atoms with van der Waals surface area (Å²) in [6.45, 7) is 3.29. The summed E-state index contributed by atoms with van der Waals surface area (Å²) in [4.78, 5) is 35.5. The molecule has 28 heavy (non-hydrogen) atoms. The SMILES string of the molecule is Cc1cc(C(=O)N2CCC[C@@H](c3nccn3CC(N)=O)C2)c2ccccc2n1. The lowest BCUT2D eigenvalue weighted by molar-refractivity contribution is -0.118. The predicted molar refractivity (Wildman–Crippen MR) is 106 cm³/mol. The van der Waals surface area contributed by atoms with Crippen molar-refractivity contribution in [1.29, 1.82) is 0 Å². The zero-order valence-corrected chi connectivity index (χ0v) is 15.8. The molecule has 2 aromatic heterocycles. The molecule has 0 spiro atoms. The van der Waals surface area contributed by atoms with Crippen LogP contribution in [0.3, 0.4) is 0 Å². The highest BCUT2D eigenvalue weighted by atomic mass is 16.2. The molecule has 0 radical (unpaired) electrons. The van der Waals surface area contributed by atoms with Crippen molar-refractivity contribution in [1.82, 2.24) is 19.4 Å². The largest absolute Gasteiger partial charge is 0.368 e. The number of nitrogens with two attached hydrogens (primary N) is 1. The quantitative estimate of drug-likeness (QED) is 0.754. The summed E-state index contributed by atoms with van der Waals surface area (Å²) in [7, 11) is 0. The van der Waals surface area contributed by atoms with Crippen molar-refractivity contribution >= 4 is 22.7 Å². The smallest absolute Gasteiger partial charge is 0.254 e. The van der Waals surface area contributed by atoms with Crippen LogP contribution in [-0.4, -0.2) is 44.3 Å². The van der Waals surface area contributed by atoms with Crippen LogP contribution in [0, 0.1) is 6.92 Å². The van der Waals surface area contributed by atoms with Crippen LogP contribution < -0.4 is 5.73 Å². The molecule has 1 fully saturated rings. The molecule has 7 heteroatoms. The van der Waals surface area contributed by atoms with E-state index < -0.39 is 5.91 Å². The van der Waals surface area contributed by atoms with Gasteiger partial charge in [0.1, 0.15) is 12.4 Å². The average Bonchev–Trinajstić information content (AvgIpc) is 3.14. The molecule has 2 N–H and O–H groups in total. The van der Waals surface area contributed by atoms with Crippen molar-refractivity contribution in [2.24, 2.45) is 5.73 Å². The van der Waals surface area contributed by atoms with Gasteiger partial charge in [-0.15, -0.1) is 0 Å². The molecular weight excluding hydrogens is 354 g/mol. The number of benzene rings is 1. The van der Waals surface area contributed by atoms with Gasteiger partial charge in [0.05, 0.1) is 11.1 Å². The molecule has 0 bridgehead atoms. The number of fused-ring (bicyclic) bond motifs is 1. The first-order valence-electron chi connectivity index (χ1n) is 9.48. The highest BCUT2D eigenvalue weighted by Gasteiger charge is 2.29. The molecule has 0 aliphatic carbocycles. The Balaban J connectivity index is 1.61. The number of primary amides is 1. The second-order valence-corrected chi connectivity index (χ2v) is 7.30. The first kappa shape index (κ1) is 18.2. The number of piperidine rings is 1. The highest BCUT2D eigenvalue weighted by molar-refractivity contribution is 6.06. The summed E-state index contributed by atoms with van der Waals surface area (Å²) >= 11 is 0. The van der Waals surface area contributed by atoms with E-state index in [0.717, 1.165) is 35.3 Å². The van der Waals surface area contributed by atoms with Crippen LogP contribution in [0.1, 0.15) is 40.6 Å². The Morgan fingerprint density at radius 2 is 2.11 bits per heavy atom. The van der Waals surface area contributed by atoms with Crippen LogP contribution in [0.5, 0.6) is 0 Å². The summed E-state index contributed by atoms with van der Waals surface area (Å²) in [6.07, 6.45) is 5.26. The zero-order chi connectivity index (χ0) is 19.7.